The fourth-order valence-corrected chi connectivity index (χ4v) is 2.45. The van der Waals surface area contributed by atoms with Crippen molar-refractivity contribution in [2.24, 2.45) is 0 Å². The maximum absolute atomic E-state index is 10.5. The van der Waals surface area contributed by atoms with Crippen molar-refractivity contribution in [3.05, 3.63) is 35.4 Å². The average molecular weight is 262 g/mol. The van der Waals surface area contributed by atoms with Gasteiger partial charge in [-0.2, -0.15) is 0 Å². The van der Waals surface area contributed by atoms with Crippen LogP contribution < -0.4 is 0 Å². The Hall–Kier alpha value is -1.39. The number of aliphatic carboxylic acids is 1. The monoisotopic (exact) mass is 262 g/mol. The van der Waals surface area contributed by atoms with Gasteiger partial charge >= 0.3 is 5.97 Å². The van der Waals surface area contributed by atoms with Crippen molar-refractivity contribution in [3.63, 3.8) is 0 Å². The molecule has 104 valence electrons. The smallest absolute Gasteiger partial charge is 0.304 e. The second-order valence-corrected chi connectivity index (χ2v) is 5.19. The molecule has 2 rings (SSSR count). The van der Waals surface area contributed by atoms with E-state index in [0.29, 0.717) is 6.54 Å². The first-order valence-electron chi connectivity index (χ1n) is 6.86. The molecule has 1 N–H and O–H groups in total. The fraction of sp³-hybridized carbons (Fsp3) is 0.533. The van der Waals surface area contributed by atoms with E-state index in [0.717, 1.165) is 32.7 Å². The Morgan fingerprint density at radius 2 is 1.79 bits per heavy atom. The lowest BCUT2D eigenvalue weighted by atomic mass is 10.1. The predicted molar refractivity (Wildman–Crippen MR) is 75.1 cm³/mol. The Labute approximate surface area is 114 Å². The molecule has 0 amide bonds. The molecule has 19 heavy (non-hydrogen) atoms. The van der Waals surface area contributed by atoms with E-state index in [9.17, 15) is 4.79 Å². The quantitative estimate of drug-likeness (QED) is 0.875. The molecular weight excluding hydrogens is 240 g/mol. The number of rotatable bonds is 5. The van der Waals surface area contributed by atoms with Crippen LogP contribution >= 0.6 is 0 Å². The second kappa shape index (κ2) is 6.68. The van der Waals surface area contributed by atoms with E-state index >= 15 is 0 Å². The van der Waals surface area contributed by atoms with E-state index < -0.39 is 5.97 Å². The van der Waals surface area contributed by atoms with Crippen molar-refractivity contribution in [3.8, 4) is 0 Å². The summed E-state index contributed by atoms with van der Waals surface area (Å²) in [7, 11) is 0. The van der Waals surface area contributed by atoms with E-state index in [1.807, 2.05) is 0 Å². The highest BCUT2D eigenvalue weighted by atomic mass is 16.4. The van der Waals surface area contributed by atoms with Crippen LogP contribution in [-0.2, 0) is 11.3 Å². The number of carboxylic acids is 1. The maximum atomic E-state index is 10.5. The molecule has 1 aliphatic rings. The van der Waals surface area contributed by atoms with Gasteiger partial charge in [0.15, 0.2) is 0 Å². The summed E-state index contributed by atoms with van der Waals surface area (Å²) in [5.41, 5.74) is 2.73. The van der Waals surface area contributed by atoms with Gasteiger partial charge in [0, 0.05) is 39.3 Å². The van der Waals surface area contributed by atoms with Crippen LogP contribution in [0.25, 0.3) is 0 Å². The minimum absolute atomic E-state index is 0.248. The number of aryl methyl sites for hydroxylation is 1. The Morgan fingerprint density at radius 1 is 1.16 bits per heavy atom. The summed E-state index contributed by atoms with van der Waals surface area (Å²) in [6, 6.07) is 8.50. The van der Waals surface area contributed by atoms with Crippen molar-refractivity contribution < 1.29 is 9.90 Å². The molecule has 1 aromatic rings. The van der Waals surface area contributed by atoms with Gasteiger partial charge < -0.3 is 10.0 Å². The molecule has 1 fully saturated rings. The molecule has 0 radical (unpaired) electrons. The largest absolute Gasteiger partial charge is 0.481 e. The molecule has 0 atom stereocenters. The summed E-state index contributed by atoms with van der Waals surface area (Å²) in [6.07, 6.45) is 0.248. The van der Waals surface area contributed by atoms with Gasteiger partial charge in [-0.1, -0.05) is 24.3 Å². The third-order valence-corrected chi connectivity index (χ3v) is 3.76. The molecular formula is C15H22N2O2. The Kier molecular flexibility index (Phi) is 4.93. The molecule has 1 saturated heterocycles. The highest BCUT2D eigenvalue weighted by Crippen LogP contribution is 2.12. The number of hydrogen-bond donors (Lipinski definition) is 1. The van der Waals surface area contributed by atoms with Crippen LogP contribution in [0.5, 0.6) is 0 Å². The van der Waals surface area contributed by atoms with E-state index in [1.54, 1.807) is 0 Å². The first-order valence-corrected chi connectivity index (χ1v) is 6.86. The van der Waals surface area contributed by atoms with Crippen LogP contribution in [0.2, 0.25) is 0 Å². The van der Waals surface area contributed by atoms with Crippen LogP contribution in [-0.4, -0.2) is 53.6 Å². The van der Waals surface area contributed by atoms with Crippen LogP contribution in [0.4, 0.5) is 0 Å². The van der Waals surface area contributed by atoms with Crippen molar-refractivity contribution in [2.75, 3.05) is 32.7 Å². The van der Waals surface area contributed by atoms with Gasteiger partial charge in [0.1, 0.15) is 0 Å². The third-order valence-electron chi connectivity index (χ3n) is 3.76. The number of benzene rings is 1. The fourth-order valence-electron chi connectivity index (χ4n) is 2.45. The number of nitrogens with zero attached hydrogens (tertiary/aromatic N) is 2. The van der Waals surface area contributed by atoms with E-state index in [2.05, 4.69) is 41.0 Å². The lowest BCUT2D eigenvalue weighted by Crippen LogP contribution is -2.46. The van der Waals surface area contributed by atoms with Gasteiger partial charge in [0.25, 0.3) is 0 Å². The van der Waals surface area contributed by atoms with Crippen molar-refractivity contribution in [1.82, 2.24) is 9.80 Å². The van der Waals surface area contributed by atoms with Crippen LogP contribution in [0, 0.1) is 6.92 Å². The van der Waals surface area contributed by atoms with E-state index in [-0.39, 0.29) is 6.42 Å². The summed E-state index contributed by atoms with van der Waals surface area (Å²) in [4.78, 5) is 15.2. The summed E-state index contributed by atoms with van der Waals surface area (Å²) in [5, 5.41) is 8.68. The molecule has 1 aromatic carbocycles. The normalized spacial score (nSPS) is 17.5. The lowest BCUT2D eigenvalue weighted by Gasteiger charge is -2.34. The molecule has 0 saturated carbocycles. The summed E-state index contributed by atoms with van der Waals surface area (Å²) in [6.45, 7) is 7.81. The molecule has 0 unspecified atom stereocenters. The maximum Gasteiger partial charge on any atom is 0.304 e. The molecule has 4 heteroatoms. The Bertz CT molecular complexity index is 426. The molecule has 0 bridgehead atoms. The topological polar surface area (TPSA) is 43.8 Å². The van der Waals surface area contributed by atoms with Gasteiger partial charge in [-0.25, -0.2) is 0 Å². The summed E-state index contributed by atoms with van der Waals surface area (Å²) >= 11 is 0. The van der Waals surface area contributed by atoms with Crippen LogP contribution in [0.1, 0.15) is 17.5 Å². The molecule has 0 spiro atoms. The zero-order valence-corrected chi connectivity index (χ0v) is 11.5. The number of hydrogen-bond acceptors (Lipinski definition) is 3. The van der Waals surface area contributed by atoms with Gasteiger partial charge in [-0.15, -0.1) is 0 Å². The predicted octanol–water partition coefficient (Wildman–Crippen LogP) is 1.59. The minimum atomic E-state index is -0.706. The minimum Gasteiger partial charge on any atom is -0.481 e. The highest BCUT2D eigenvalue weighted by molar-refractivity contribution is 5.66. The number of piperazine rings is 1. The first kappa shape index (κ1) is 14.0. The summed E-state index contributed by atoms with van der Waals surface area (Å²) in [5.74, 6) is -0.706. The summed E-state index contributed by atoms with van der Waals surface area (Å²) < 4.78 is 0. The van der Waals surface area contributed by atoms with E-state index in [1.165, 1.54) is 11.1 Å². The van der Waals surface area contributed by atoms with Gasteiger partial charge in [-0.3, -0.25) is 9.69 Å². The average Bonchev–Trinajstić information content (AvgIpc) is 2.40. The molecule has 1 aliphatic heterocycles. The molecule has 1 heterocycles. The standard InChI is InChI=1S/C15H22N2O2/c1-13-4-2-3-5-14(13)12-17-10-8-16(9-11-17)7-6-15(18)19/h2-5H,6-12H2,1H3,(H,18,19). The Morgan fingerprint density at radius 3 is 2.42 bits per heavy atom. The first-order chi connectivity index (χ1) is 9.15. The third kappa shape index (κ3) is 4.33. The van der Waals surface area contributed by atoms with Crippen molar-refractivity contribution in [1.29, 1.82) is 0 Å². The SMILES string of the molecule is Cc1ccccc1CN1CCN(CCC(=O)O)CC1. The zero-order chi connectivity index (χ0) is 13.7. The van der Waals surface area contributed by atoms with Crippen LogP contribution in [0.3, 0.4) is 0 Å². The lowest BCUT2D eigenvalue weighted by molar-refractivity contribution is -0.137. The molecule has 4 nitrogen and oxygen atoms in total. The van der Waals surface area contributed by atoms with Gasteiger partial charge in [0.05, 0.1) is 6.42 Å². The van der Waals surface area contributed by atoms with Gasteiger partial charge in [-0.05, 0) is 18.1 Å². The molecule has 0 aliphatic carbocycles. The Balaban J connectivity index is 1.77. The van der Waals surface area contributed by atoms with Crippen molar-refractivity contribution >= 4 is 5.97 Å². The number of carbonyl (C=O) groups is 1. The number of carboxylic acid groups (broad SMARTS) is 1. The van der Waals surface area contributed by atoms with Gasteiger partial charge in [0.2, 0.25) is 0 Å². The van der Waals surface area contributed by atoms with Crippen molar-refractivity contribution in [2.45, 2.75) is 19.9 Å². The molecule has 0 aromatic heterocycles. The van der Waals surface area contributed by atoms with E-state index in [4.69, 9.17) is 5.11 Å². The van der Waals surface area contributed by atoms with Crippen LogP contribution in [0.15, 0.2) is 24.3 Å². The second-order valence-electron chi connectivity index (χ2n) is 5.19. The zero-order valence-electron chi connectivity index (χ0n) is 11.5. The highest BCUT2D eigenvalue weighted by Gasteiger charge is 2.17.